The van der Waals surface area contributed by atoms with E-state index >= 15 is 0 Å². The fourth-order valence-corrected chi connectivity index (χ4v) is 1.26. The maximum atomic E-state index is 10.5. The van der Waals surface area contributed by atoms with E-state index in [0.29, 0.717) is 0 Å². The first-order chi connectivity index (χ1) is 4.75. The van der Waals surface area contributed by atoms with Gasteiger partial charge in [-0.1, -0.05) is 0 Å². The highest BCUT2D eigenvalue weighted by atomic mass is 16.6. The maximum absolute atomic E-state index is 10.5. The molecule has 0 aliphatic carbocycles. The molecule has 0 aromatic carbocycles. The highest BCUT2D eigenvalue weighted by molar-refractivity contribution is 5.79. The van der Waals surface area contributed by atoms with Crippen LogP contribution in [0.1, 0.15) is 12.8 Å². The van der Waals surface area contributed by atoms with E-state index in [1.807, 2.05) is 0 Å². The van der Waals surface area contributed by atoms with E-state index < -0.39 is 0 Å². The minimum Gasteiger partial charge on any atom is -0.458 e. The van der Waals surface area contributed by atoms with E-state index in [-0.39, 0.29) is 37.0 Å². The third-order valence-corrected chi connectivity index (χ3v) is 1.72. The van der Waals surface area contributed by atoms with E-state index in [1.54, 1.807) is 0 Å². The minimum absolute atomic E-state index is 0.233. The largest absolute Gasteiger partial charge is 0.458 e. The molecule has 0 bridgehead atoms. The van der Waals surface area contributed by atoms with Crippen molar-refractivity contribution in [1.29, 1.82) is 0 Å². The second-order valence-corrected chi connectivity index (χ2v) is 2.46. The molecule has 0 amide bonds. The fraction of sp³-hybridized carbons (Fsp3) is 0.667. The van der Waals surface area contributed by atoms with Crippen LogP contribution in [0.5, 0.6) is 0 Å². The molecule has 0 saturated carbocycles. The smallest absolute Gasteiger partial charge is 0.310 e. The molecule has 0 aromatic rings. The Morgan fingerprint density at radius 3 is 1.80 bits per heavy atom. The first-order valence-corrected chi connectivity index (χ1v) is 3.14. The van der Waals surface area contributed by atoms with Gasteiger partial charge in [0.2, 0.25) is 0 Å². The van der Waals surface area contributed by atoms with Crippen molar-refractivity contribution in [2.75, 3.05) is 0 Å². The predicted molar refractivity (Wildman–Crippen MR) is 29.0 cm³/mol. The van der Waals surface area contributed by atoms with Crippen LogP contribution >= 0.6 is 0 Å². The zero-order valence-corrected chi connectivity index (χ0v) is 5.20. The first-order valence-electron chi connectivity index (χ1n) is 3.14. The van der Waals surface area contributed by atoms with Gasteiger partial charge in [-0.05, 0) is 0 Å². The molecule has 2 aliphatic rings. The molecule has 54 valence electrons. The predicted octanol–water partition coefficient (Wildman–Crippen LogP) is -0.383. The number of ether oxygens (including phenoxy) is 2. The van der Waals surface area contributed by atoms with Crippen molar-refractivity contribution in [3.63, 3.8) is 0 Å². The summed E-state index contributed by atoms with van der Waals surface area (Å²) in [4.78, 5) is 21.1. The van der Waals surface area contributed by atoms with Gasteiger partial charge < -0.3 is 9.47 Å². The number of hydrogen-bond acceptors (Lipinski definition) is 4. The summed E-state index contributed by atoms with van der Waals surface area (Å²) >= 11 is 0. The van der Waals surface area contributed by atoms with Gasteiger partial charge in [0.05, 0.1) is 12.8 Å². The van der Waals surface area contributed by atoms with Crippen LogP contribution in [-0.4, -0.2) is 24.1 Å². The summed E-state index contributed by atoms with van der Waals surface area (Å²) in [5.41, 5.74) is 0. The summed E-state index contributed by atoms with van der Waals surface area (Å²) in [6.07, 6.45) is -0.118. The average molecular weight is 142 g/mol. The number of carbonyl (C=O) groups excluding carboxylic acids is 2. The third kappa shape index (κ3) is 0.683. The van der Waals surface area contributed by atoms with E-state index in [2.05, 4.69) is 0 Å². The summed E-state index contributed by atoms with van der Waals surface area (Å²) in [5, 5.41) is 0. The van der Waals surface area contributed by atoms with Gasteiger partial charge in [0.1, 0.15) is 12.2 Å². The average Bonchev–Trinajstić information content (AvgIpc) is 2.21. The lowest BCUT2D eigenvalue weighted by Gasteiger charge is -2.00. The van der Waals surface area contributed by atoms with Gasteiger partial charge in [0.25, 0.3) is 0 Å². The Labute approximate surface area is 57.1 Å². The van der Waals surface area contributed by atoms with E-state index in [0.717, 1.165) is 0 Å². The van der Waals surface area contributed by atoms with Crippen LogP contribution in [0, 0.1) is 0 Å². The third-order valence-electron chi connectivity index (χ3n) is 1.72. The summed E-state index contributed by atoms with van der Waals surface area (Å²) in [5.74, 6) is -0.523. The molecule has 4 heteroatoms. The standard InChI is InChI=1S/C6H6O4/c7-5-1-3-4(10-5)2-6(8)9-3/h3-4H,1-2H2/t3-,4-/m1/s1. The van der Waals surface area contributed by atoms with E-state index in [1.165, 1.54) is 0 Å². The van der Waals surface area contributed by atoms with Gasteiger partial charge in [0, 0.05) is 0 Å². The summed E-state index contributed by atoms with van der Waals surface area (Å²) in [7, 11) is 0. The molecule has 10 heavy (non-hydrogen) atoms. The molecule has 0 radical (unpaired) electrons. The Hall–Kier alpha value is -1.06. The van der Waals surface area contributed by atoms with E-state index in [4.69, 9.17) is 9.47 Å². The molecule has 4 nitrogen and oxygen atoms in total. The van der Waals surface area contributed by atoms with Crippen molar-refractivity contribution < 1.29 is 19.1 Å². The Morgan fingerprint density at radius 2 is 1.40 bits per heavy atom. The lowest BCUT2D eigenvalue weighted by Crippen LogP contribution is -2.13. The SMILES string of the molecule is O=C1C[C@H]2OC(=O)C[C@H]2O1. The number of fused-ring (bicyclic) bond motifs is 1. The topological polar surface area (TPSA) is 52.6 Å². The molecule has 2 aliphatic heterocycles. The van der Waals surface area contributed by atoms with Gasteiger partial charge in [-0.15, -0.1) is 0 Å². The normalized spacial score (nSPS) is 37.2. The molecule has 2 atom stereocenters. The van der Waals surface area contributed by atoms with Gasteiger partial charge in [-0.3, -0.25) is 9.59 Å². The molecule has 2 saturated heterocycles. The number of carbonyl (C=O) groups is 2. The number of rotatable bonds is 0. The fourth-order valence-electron chi connectivity index (χ4n) is 1.26. The lowest BCUT2D eigenvalue weighted by molar-refractivity contribution is -0.144. The van der Waals surface area contributed by atoms with Crippen LogP contribution in [0.15, 0.2) is 0 Å². The highest BCUT2D eigenvalue weighted by Crippen LogP contribution is 2.27. The van der Waals surface area contributed by atoms with Crippen LogP contribution in [-0.2, 0) is 19.1 Å². The van der Waals surface area contributed by atoms with Crippen molar-refractivity contribution in [2.24, 2.45) is 0 Å². The van der Waals surface area contributed by atoms with Gasteiger partial charge in [0.15, 0.2) is 0 Å². The molecule has 0 N–H and O–H groups in total. The molecule has 2 fully saturated rings. The van der Waals surface area contributed by atoms with E-state index in [9.17, 15) is 9.59 Å². The van der Waals surface area contributed by atoms with Crippen molar-refractivity contribution in [3.05, 3.63) is 0 Å². The zero-order chi connectivity index (χ0) is 7.14. The van der Waals surface area contributed by atoms with Gasteiger partial charge in [-0.25, -0.2) is 0 Å². The summed E-state index contributed by atoms with van der Waals surface area (Å²) in [6.45, 7) is 0. The molecule has 0 unspecified atom stereocenters. The first kappa shape index (κ1) is 5.70. The molecule has 0 spiro atoms. The Bertz CT molecular complexity index is 160. The molecule has 2 heterocycles. The Kier molecular flexibility index (Phi) is 0.977. The van der Waals surface area contributed by atoms with Crippen LogP contribution in [0.4, 0.5) is 0 Å². The molecular formula is C6H6O4. The monoisotopic (exact) mass is 142 g/mol. The maximum Gasteiger partial charge on any atom is 0.310 e. The second kappa shape index (κ2) is 1.71. The zero-order valence-electron chi connectivity index (χ0n) is 5.20. The number of hydrogen-bond donors (Lipinski definition) is 0. The Balaban J connectivity index is 2.12. The van der Waals surface area contributed by atoms with Crippen LogP contribution in [0.3, 0.4) is 0 Å². The van der Waals surface area contributed by atoms with Gasteiger partial charge >= 0.3 is 11.9 Å². The quantitative estimate of drug-likeness (QED) is 0.432. The highest BCUT2D eigenvalue weighted by Gasteiger charge is 2.44. The van der Waals surface area contributed by atoms with Crippen molar-refractivity contribution in [2.45, 2.75) is 25.0 Å². The second-order valence-electron chi connectivity index (χ2n) is 2.46. The molecule has 2 rings (SSSR count). The van der Waals surface area contributed by atoms with Crippen molar-refractivity contribution in [3.8, 4) is 0 Å². The summed E-state index contributed by atoms with van der Waals surface area (Å²) < 4.78 is 9.54. The molecular weight excluding hydrogens is 136 g/mol. The van der Waals surface area contributed by atoms with Crippen LogP contribution < -0.4 is 0 Å². The summed E-state index contributed by atoms with van der Waals surface area (Å²) in [6, 6.07) is 0. The minimum atomic E-state index is -0.292. The van der Waals surface area contributed by atoms with Crippen LogP contribution in [0.2, 0.25) is 0 Å². The van der Waals surface area contributed by atoms with Crippen molar-refractivity contribution in [1.82, 2.24) is 0 Å². The van der Waals surface area contributed by atoms with Gasteiger partial charge in [-0.2, -0.15) is 0 Å². The lowest BCUT2D eigenvalue weighted by atomic mass is 10.2. The Morgan fingerprint density at radius 1 is 1.00 bits per heavy atom. The molecule has 0 aromatic heterocycles. The van der Waals surface area contributed by atoms with Crippen molar-refractivity contribution >= 4 is 11.9 Å². The number of esters is 2. The van der Waals surface area contributed by atoms with Crippen LogP contribution in [0.25, 0.3) is 0 Å².